The normalized spacial score (nSPS) is 17.9. The number of rotatable bonds is 7. The Morgan fingerprint density at radius 3 is 2.43 bits per heavy atom. The topological polar surface area (TPSA) is 61.9 Å². The van der Waals surface area contributed by atoms with Crippen molar-refractivity contribution in [1.29, 1.82) is 0 Å². The molecule has 1 atom stereocenters. The van der Waals surface area contributed by atoms with Gasteiger partial charge in [-0.25, -0.2) is 0 Å². The SMILES string of the molecule is COc1ccccc1[C@H](CNC(=O)c1ccc(N2CCCC2=O)cc1)N1CCCC1. The van der Waals surface area contributed by atoms with Crippen molar-refractivity contribution in [2.45, 2.75) is 31.7 Å². The minimum absolute atomic E-state index is 0.0779. The Balaban J connectivity index is 1.45. The molecule has 2 aliphatic heterocycles. The summed E-state index contributed by atoms with van der Waals surface area (Å²) in [6.45, 7) is 3.32. The summed E-state index contributed by atoms with van der Waals surface area (Å²) >= 11 is 0. The first-order chi connectivity index (χ1) is 14.7. The van der Waals surface area contributed by atoms with Crippen molar-refractivity contribution in [3.63, 3.8) is 0 Å². The molecule has 0 spiro atoms. The zero-order chi connectivity index (χ0) is 20.9. The maximum absolute atomic E-state index is 12.8. The summed E-state index contributed by atoms with van der Waals surface area (Å²) < 4.78 is 5.58. The summed E-state index contributed by atoms with van der Waals surface area (Å²) in [4.78, 5) is 28.9. The number of carbonyl (C=O) groups is 2. The Kier molecular flexibility index (Phi) is 6.33. The van der Waals surface area contributed by atoms with Crippen molar-refractivity contribution in [3.8, 4) is 5.75 Å². The zero-order valence-electron chi connectivity index (χ0n) is 17.5. The number of nitrogens with one attached hydrogen (secondary N) is 1. The maximum atomic E-state index is 12.8. The van der Waals surface area contributed by atoms with Crippen LogP contribution in [-0.4, -0.2) is 50.0 Å². The van der Waals surface area contributed by atoms with Crippen LogP contribution >= 0.6 is 0 Å². The van der Waals surface area contributed by atoms with Crippen LogP contribution in [-0.2, 0) is 4.79 Å². The molecular weight excluding hydrogens is 378 g/mol. The van der Waals surface area contributed by atoms with Crippen molar-refractivity contribution in [1.82, 2.24) is 10.2 Å². The number of nitrogens with zero attached hydrogens (tertiary/aromatic N) is 2. The van der Waals surface area contributed by atoms with Gasteiger partial charge in [0.1, 0.15) is 5.75 Å². The summed E-state index contributed by atoms with van der Waals surface area (Å²) in [6, 6.07) is 15.4. The molecule has 6 heteroatoms. The molecule has 0 aromatic heterocycles. The maximum Gasteiger partial charge on any atom is 0.251 e. The van der Waals surface area contributed by atoms with Crippen molar-refractivity contribution >= 4 is 17.5 Å². The second kappa shape index (κ2) is 9.30. The minimum Gasteiger partial charge on any atom is -0.496 e. The highest BCUT2D eigenvalue weighted by atomic mass is 16.5. The summed E-state index contributed by atoms with van der Waals surface area (Å²) in [5.41, 5.74) is 2.56. The van der Waals surface area contributed by atoms with Gasteiger partial charge in [-0.3, -0.25) is 14.5 Å². The Labute approximate surface area is 177 Å². The Bertz CT molecular complexity index is 891. The Morgan fingerprint density at radius 1 is 1.03 bits per heavy atom. The van der Waals surface area contributed by atoms with E-state index in [1.54, 1.807) is 24.1 Å². The molecule has 2 heterocycles. The summed E-state index contributed by atoms with van der Waals surface area (Å²) in [5.74, 6) is 0.897. The lowest BCUT2D eigenvalue weighted by Gasteiger charge is -2.29. The van der Waals surface area contributed by atoms with Gasteiger partial charge in [-0.05, 0) is 62.7 Å². The molecule has 0 unspecified atom stereocenters. The molecule has 6 nitrogen and oxygen atoms in total. The number of hydrogen-bond acceptors (Lipinski definition) is 4. The van der Waals surface area contributed by atoms with Gasteiger partial charge in [-0.1, -0.05) is 18.2 Å². The lowest BCUT2D eigenvalue weighted by atomic mass is 10.0. The predicted octanol–water partition coefficient (Wildman–Crippen LogP) is 3.39. The number of para-hydroxylation sites is 1. The van der Waals surface area contributed by atoms with E-state index < -0.39 is 0 Å². The van der Waals surface area contributed by atoms with Gasteiger partial charge >= 0.3 is 0 Å². The van der Waals surface area contributed by atoms with Crippen LogP contribution in [0.15, 0.2) is 48.5 Å². The first-order valence-electron chi connectivity index (χ1n) is 10.7. The summed E-state index contributed by atoms with van der Waals surface area (Å²) in [6.07, 6.45) is 3.84. The monoisotopic (exact) mass is 407 g/mol. The highest BCUT2D eigenvalue weighted by molar-refractivity contribution is 5.97. The molecule has 1 N–H and O–H groups in total. The lowest BCUT2D eigenvalue weighted by Crippen LogP contribution is -2.37. The Morgan fingerprint density at radius 2 is 1.77 bits per heavy atom. The molecule has 2 amide bonds. The van der Waals surface area contributed by atoms with Crippen molar-refractivity contribution in [2.75, 3.05) is 38.2 Å². The molecule has 0 aliphatic carbocycles. The van der Waals surface area contributed by atoms with E-state index in [2.05, 4.69) is 16.3 Å². The second-order valence-corrected chi connectivity index (χ2v) is 7.91. The van der Waals surface area contributed by atoms with Gasteiger partial charge in [0, 0.05) is 36.3 Å². The van der Waals surface area contributed by atoms with Gasteiger partial charge in [0.2, 0.25) is 5.91 Å². The first kappa shape index (κ1) is 20.4. The third kappa shape index (κ3) is 4.33. The van der Waals surface area contributed by atoms with Gasteiger partial charge in [0.05, 0.1) is 13.2 Å². The molecule has 4 rings (SSSR count). The summed E-state index contributed by atoms with van der Waals surface area (Å²) in [7, 11) is 1.69. The molecule has 30 heavy (non-hydrogen) atoms. The van der Waals surface area contributed by atoms with Crippen molar-refractivity contribution in [3.05, 3.63) is 59.7 Å². The number of methoxy groups -OCH3 is 1. The molecule has 0 radical (unpaired) electrons. The van der Waals surface area contributed by atoms with E-state index in [4.69, 9.17) is 4.74 Å². The van der Waals surface area contributed by atoms with Gasteiger partial charge < -0.3 is 15.0 Å². The van der Waals surface area contributed by atoms with Gasteiger partial charge in [-0.15, -0.1) is 0 Å². The lowest BCUT2D eigenvalue weighted by molar-refractivity contribution is -0.117. The van der Waals surface area contributed by atoms with E-state index in [-0.39, 0.29) is 17.9 Å². The fraction of sp³-hybridized carbons (Fsp3) is 0.417. The first-order valence-corrected chi connectivity index (χ1v) is 10.7. The molecule has 2 aromatic rings. The fourth-order valence-corrected chi connectivity index (χ4v) is 4.44. The van der Waals surface area contributed by atoms with E-state index in [1.807, 2.05) is 30.3 Å². The number of hydrogen-bond donors (Lipinski definition) is 1. The zero-order valence-corrected chi connectivity index (χ0v) is 17.5. The second-order valence-electron chi connectivity index (χ2n) is 7.91. The highest BCUT2D eigenvalue weighted by Gasteiger charge is 2.26. The van der Waals surface area contributed by atoms with Crippen LogP contribution in [0.2, 0.25) is 0 Å². The molecule has 0 bridgehead atoms. The number of amides is 2. The van der Waals surface area contributed by atoms with Crippen LogP contribution < -0.4 is 15.0 Å². The van der Waals surface area contributed by atoms with Crippen LogP contribution in [0, 0.1) is 0 Å². The predicted molar refractivity (Wildman–Crippen MR) is 117 cm³/mol. The molecule has 2 fully saturated rings. The fourth-order valence-electron chi connectivity index (χ4n) is 4.44. The van der Waals surface area contributed by atoms with E-state index in [0.717, 1.165) is 43.1 Å². The largest absolute Gasteiger partial charge is 0.496 e. The van der Waals surface area contributed by atoms with Gasteiger partial charge in [0.25, 0.3) is 5.91 Å². The van der Waals surface area contributed by atoms with Gasteiger partial charge in [-0.2, -0.15) is 0 Å². The van der Waals surface area contributed by atoms with Crippen molar-refractivity contribution < 1.29 is 14.3 Å². The van der Waals surface area contributed by atoms with Gasteiger partial charge in [0.15, 0.2) is 0 Å². The van der Waals surface area contributed by atoms with Crippen LogP contribution in [0.5, 0.6) is 5.75 Å². The molecule has 2 aromatic carbocycles. The molecule has 0 saturated carbocycles. The molecule has 2 aliphatic rings. The highest BCUT2D eigenvalue weighted by Crippen LogP contribution is 2.31. The minimum atomic E-state index is -0.103. The number of likely N-dealkylation sites (tertiary alicyclic amines) is 1. The van der Waals surface area contributed by atoms with Crippen LogP contribution in [0.3, 0.4) is 0 Å². The number of ether oxygens (including phenoxy) is 1. The quantitative estimate of drug-likeness (QED) is 0.764. The van der Waals surface area contributed by atoms with E-state index in [9.17, 15) is 9.59 Å². The average molecular weight is 408 g/mol. The van der Waals surface area contributed by atoms with E-state index in [0.29, 0.717) is 18.5 Å². The van der Waals surface area contributed by atoms with Crippen LogP contribution in [0.25, 0.3) is 0 Å². The number of anilines is 1. The number of carbonyl (C=O) groups excluding carboxylic acids is 2. The van der Waals surface area contributed by atoms with E-state index >= 15 is 0 Å². The summed E-state index contributed by atoms with van der Waals surface area (Å²) in [5, 5.41) is 3.11. The van der Waals surface area contributed by atoms with Crippen LogP contribution in [0.4, 0.5) is 5.69 Å². The average Bonchev–Trinajstić information content (AvgIpc) is 3.46. The number of benzene rings is 2. The molecule has 158 valence electrons. The molecular formula is C24H29N3O3. The standard InChI is InChI=1S/C24H29N3O3/c1-30-22-8-3-2-7-20(22)21(26-14-4-5-15-26)17-25-24(29)18-10-12-19(13-11-18)27-16-6-9-23(27)28/h2-3,7-8,10-13,21H,4-6,9,14-17H2,1H3,(H,25,29)/t21-/m0/s1. The van der Waals surface area contributed by atoms with Crippen LogP contribution in [0.1, 0.15) is 47.6 Å². The van der Waals surface area contributed by atoms with E-state index in [1.165, 1.54) is 12.8 Å². The smallest absolute Gasteiger partial charge is 0.251 e. The molecule has 2 saturated heterocycles. The Hall–Kier alpha value is -2.86. The van der Waals surface area contributed by atoms with Crippen molar-refractivity contribution in [2.24, 2.45) is 0 Å². The third-order valence-corrected chi connectivity index (χ3v) is 6.05. The third-order valence-electron chi connectivity index (χ3n) is 6.05.